The minimum atomic E-state index is -0.375. The molecule has 3 rings (SSSR count). The van der Waals surface area contributed by atoms with E-state index in [2.05, 4.69) is 5.32 Å². The zero-order valence-corrected chi connectivity index (χ0v) is 12.0. The third-order valence-corrected chi connectivity index (χ3v) is 3.99. The van der Waals surface area contributed by atoms with Crippen molar-refractivity contribution in [1.29, 1.82) is 0 Å². The number of carbonyl (C=O) groups is 2. The average molecular weight is 272 g/mol. The smallest absolute Gasteiger partial charge is 0.299 e. The Hall–Kier alpha value is -1.68. The van der Waals surface area contributed by atoms with Crippen LogP contribution in [0.5, 0.6) is 0 Å². The Morgan fingerprint density at radius 3 is 2.70 bits per heavy atom. The van der Waals surface area contributed by atoms with Gasteiger partial charge in [0.25, 0.3) is 11.7 Å². The number of nitrogens with one attached hydrogen (secondary N) is 1. The standard InChI is InChI=1S/C16H20N2O2/c1-10-8-11(2)14-13(9-10)18(16(20)15(14)19)7-3-6-17-12-4-5-12/h8-9,12,17H,3-7H2,1-2H3. The zero-order chi connectivity index (χ0) is 14.3. The van der Waals surface area contributed by atoms with Gasteiger partial charge in [0.15, 0.2) is 0 Å². The molecule has 1 heterocycles. The lowest BCUT2D eigenvalue weighted by atomic mass is 10.0. The average Bonchev–Trinajstić information content (AvgIpc) is 3.17. The van der Waals surface area contributed by atoms with Gasteiger partial charge in [-0.3, -0.25) is 9.59 Å². The van der Waals surface area contributed by atoms with Crippen LogP contribution in [0.15, 0.2) is 12.1 Å². The number of ketones is 1. The second-order valence-electron chi connectivity index (χ2n) is 5.84. The molecule has 1 aromatic rings. The minimum absolute atomic E-state index is 0.354. The van der Waals surface area contributed by atoms with Gasteiger partial charge in [0.2, 0.25) is 0 Å². The van der Waals surface area contributed by atoms with E-state index in [4.69, 9.17) is 0 Å². The lowest BCUT2D eigenvalue weighted by Gasteiger charge is -2.17. The lowest BCUT2D eigenvalue weighted by Crippen LogP contribution is -2.32. The number of anilines is 1. The Morgan fingerprint density at radius 2 is 2.00 bits per heavy atom. The molecule has 1 amide bonds. The second kappa shape index (κ2) is 5.02. The second-order valence-corrected chi connectivity index (χ2v) is 5.84. The van der Waals surface area contributed by atoms with Crippen molar-refractivity contribution >= 4 is 17.4 Å². The van der Waals surface area contributed by atoms with Crippen LogP contribution in [0, 0.1) is 13.8 Å². The number of nitrogens with zero attached hydrogens (tertiary/aromatic N) is 1. The van der Waals surface area contributed by atoms with Crippen molar-refractivity contribution in [2.24, 2.45) is 0 Å². The van der Waals surface area contributed by atoms with Crippen molar-refractivity contribution in [2.75, 3.05) is 18.0 Å². The summed E-state index contributed by atoms with van der Waals surface area (Å²) in [5, 5.41) is 3.43. The molecule has 1 aliphatic carbocycles. The van der Waals surface area contributed by atoms with Crippen LogP contribution in [-0.2, 0) is 4.79 Å². The van der Waals surface area contributed by atoms with Crippen molar-refractivity contribution in [1.82, 2.24) is 5.32 Å². The number of hydrogen-bond acceptors (Lipinski definition) is 3. The molecule has 0 radical (unpaired) electrons. The van der Waals surface area contributed by atoms with E-state index in [0.29, 0.717) is 18.2 Å². The first-order valence-corrected chi connectivity index (χ1v) is 7.29. The molecule has 0 saturated heterocycles. The highest BCUT2D eigenvalue weighted by molar-refractivity contribution is 6.52. The largest absolute Gasteiger partial charge is 0.314 e. The maximum atomic E-state index is 12.1. The Bertz CT molecular complexity index is 576. The Balaban J connectivity index is 1.74. The molecule has 0 bridgehead atoms. The first kappa shape index (κ1) is 13.3. The summed E-state index contributed by atoms with van der Waals surface area (Å²) in [6.07, 6.45) is 3.41. The van der Waals surface area contributed by atoms with Crippen molar-refractivity contribution < 1.29 is 9.59 Å². The molecule has 4 heteroatoms. The summed E-state index contributed by atoms with van der Waals surface area (Å²) < 4.78 is 0. The first-order valence-electron chi connectivity index (χ1n) is 7.29. The molecule has 0 atom stereocenters. The Labute approximate surface area is 119 Å². The number of amides is 1. The van der Waals surface area contributed by atoms with Crippen LogP contribution in [-0.4, -0.2) is 30.8 Å². The topological polar surface area (TPSA) is 49.4 Å². The van der Waals surface area contributed by atoms with Gasteiger partial charge in [-0.1, -0.05) is 6.07 Å². The number of carbonyl (C=O) groups excluding carboxylic acids is 2. The number of Topliss-reactive ketones (excluding diaryl/α,β-unsaturated/α-hetero) is 1. The summed E-state index contributed by atoms with van der Waals surface area (Å²) in [5.74, 6) is -0.729. The van der Waals surface area contributed by atoms with Gasteiger partial charge in [0.1, 0.15) is 0 Å². The number of fused-ring (bicyclic) bond motifs is 1. The van der Waals surface area contributed by atoms with Gasteiger partial charge in [0.05, 0.1) is 11.3 Å². The first-order chi connectivity index (χ1) is 9.58. The van der Waals surface area contributed by atoms with Gasteiger partial charge in [-0.2, -0.15) is 0 Å². The van der Waals surface area contributed by atoms with E-state index in [9.17, 15) is 9.59 Å². The molecule has 20 heavy (non-hydrogen) atoms. The van der Waals surface area contributed by atoms with Crippen LogP contribution < -0.4 is 10.2 Å². The zero-order valence-electron chi connectivity index (χ0n) is 12.0. The third kappa shape index (κ3) is 2.36. The van der Waals surface area contributed by atoms with Gasteiger partial charge in [-0.15, -0.1) is 0 Å². The molecule has 0 aromatic heterocycles. The van der Waals surface area contributed by atoms with Crippen LogP contribution >= 0.6 is 0 Å². The maximum absolute atomic E-state index is 12.1. The summed E-state index contributed by atoms with van der Waals surface area (Å²) in [5.41, 5.74) is 3.38. The molecule has 1 aliphatic heterocycles. The molecule has 1 fully saturated rings. The molecule has 4 nitrogen and oxygen atoms in total. The van der Waals surface area contributed by atoms with Gasteiger partial charge in [-0.05, 0) is 56.8 Å². The SMILES string of the molecule is Cc1cc(C)c2c(c1)N(CCCNC1CC1)C(=O)C2=O. The highest BCUT2D eigenvalue weighted by Crippen LogP contribution is 2.32. The predicted octanol–water partition coefficient (Wildman–Crippen LogP) is 1.97. The van der Waals surface area contributed by atoms with Crippen LogP contribution in [0.3, 0.4) is 0 Å². The fourth-order valence-corrected chi connectivity index (χ4v) is 2.85. The molecule has 1 saturated carbocycles. The summed E-state index contributed by atoms with van der Waals surface area (Å²) in [7, 11) is 0. The normalized spacial score (nSPS) is 17.8. The van der Waals surface area contributed by atoms with Crippen LogP contribution in [0.4, 0.5) is 5.69 Å². The van der Waals surface area contributed by atoms with Crippen LogP contribution in [0.25, 0.3) is 0 Å². The number of rotatable bonds is 5. The quantitative estimate of drug-likeness (QED) is 0.658. The summed E-state index contributed by atoms with van der Waals surface area (Å²) in [4.78, 5) is 25.9. The van der Waals surface area contributed by atoms with Gasteiger partial charge < -0.3 is 10.2 Å². The molecule has 1 N–H and O–H groups in total. The van der Waals surface area contributed by atoms with Crippen LogP contribution in [0.2, 0.25) is 0 Å². The van der Waals surface area contributed by atoms with Crippen molar-refractivity contribution in [3.05, 3.63) is 28.8 Å². The predicted molar refractivity (Wildman–Crippen MR) is 78.2 cm³/mol. The molecular formula is C16H20N2O2. The fraction of sp³-hybridized carbons (Fsp3) is 0.500. The van der Waals surface area contributed by atoms with E-state index in [1.165, 1.54) is 12.8 Å². The van der Waals surface area contributed by atoms with Crippen LogP contribution in [0.1, 0.15) is 40.7 Å². The van der Waals surface area contributed by atoms with Crippen molar-refractivity contribution in [2.45, 2.75) is 39.2 Å². The molecule has 0 spiro atoms. The molecule has 1 aromatic carbocycles. The summed E-state index contributed by atoms with van der Waals surface area (Å²) >= 11 is 0. The van der Waals surface area contributed by atoms with E-state index < -0.39 is 0 Å². The minimum Gasteiger partial charge on any atom is -0.314 e. The highest BCUT2D eigenvalue weighted by Gasteiger charge is 2.36. The molecular weight excluding hydrogens is 252 g/mol. The third-order valence-electron chi connectivity index (χ3n) is 3.99. The Kier molecular flexibility index (Phi) is 3.34. The van der Waals surface area contributed by atoms with Crippen molar-refractivity contribution in [3.63, 3.8) is 0 Å². The monoisotopic (exact) mass is 272 g/mol. The lowest BCUT2D eigenvalue weighted by molar-refractivity contribution is -0.114. The van der Waals surface area contributed by atoms with Gasteiger partial charge in [-0.25, -0.2) is 0 Å². The summed E-state index contributed by atoms with van der Waals surface area (Å²) in [6.45, 7) is 5.41. The van der Waals surface area contributed by atoms with E-state index >= 15 is 0 Å². The summed E-state index contributed by atoms with van der Waals surface area (Å²) in [6, 6.07) is 4.59. The highest BCUT2D eigenvalue weighted by atomic mass is 16.2. The fourth-order valence-electron chi connectivity index (χ4n) is 2.85. The number of benzene rings is 1. The molecule has 0 unspecified atom stereocenters. The van der Waals surface area contributed by atoms with E-state index in [0.717, 1.165) is 29.8 Å². The number of aryl methyl sites for hydroxylation is 2. The maximum Gasteiger partial charge on any atom is 0.299 e. The van der Waals surface area contributed by atoms with Crippen molar-refractivity contribution in [3.8, 4) is 0 Å². The van der Waals surface area contributed by atoms with E-state index in [1.807, 2.05) is 26.0 Å². The molecule has 2 aliphatic rings. The Morgan fingerprint density at radius 1 is 1.25 bits per heavy atom. The number of hydrogen-bond donors (Lipinski definition) is 1. The molecule has 106 valence electrons. The van der Waals surface area contributed by atoms with Gasteiger partial charge in [0, 0.05) is 12.6 Å². The van der Waals surface area contributed by atoms with E-state index in [1.54, 1.807) is 4.90 Å². The van der Waals surface area contributed by atoms with Gasteiger partial charge >= 0.3 is 0 Å². The van der Waals surface area contributed by atoms with E-state index in [-0.39, 0.29) is 11.7 Å².